The fraction of sp³-hybridized carbons (Fsp3) is 0.250. The van der Waals surface area contributed by atoms with E-state index in [1.165, 1.54) is 0 Å². The lowest BCUT2D eigenvalue weighted by Crippen LogP contribution is -2.26. The summed E-state index contributed by atoms with van der Waals surface area (Å²) in [5.41, 5.74) is 7.79. The average Bonchev–Trinajstić information content (AvgIpc) is 2.51. The van der Waals surface area contributed by atoms with E-state index >= 15 is 0 Å². The quantitative estimate of drug-likeness (QED) is 0.770. The zero-order chi connectivity index (χ0) is 15.0. The molecule has 21 heavy (non-hydrogen) atoms. The van der Waals surface area contributed by atoms with Crippen molar-refractivity contribution in [3.05, 3.63) is 62.8 Å². The van der Waals surface area contributed by atoms with Crippen molar-refractivity contribution < 1.29 is 9.13 Å². The molecule has 110 valence electrons. The van der Waals surface area contributed by atoms with Crippen LogP contribution in [0.1, 0.15) is 29.5 Å². The Bertz CT molecular complexity index is 679. The van der Waals surface area contributed by atoms with Crippen LogP contribution >= 0.6 is 27.5 Å². The Morgan fingerprint density at radius 3 is 2.86 bits per heavy atom. The Hall–Kier alpha value is -1.10. The van der Waals surface area contributed by atoms with E-state index in [0.717, 1.165) is 17.7 Å². The van der Waals surface area contributed by atoms with Crippen molar-refractivity contribution in [2.45, 2.75) is 18.4 Å². The lowest BCUT2D eigenvalue weighted by molar-refractivity contribution is 0.254. The molecule has 0 spiro atoms. The van der Waals surface area contributed by atoms with Crippen LogP contribution < -0.4 is 10.5 Å². The fourth-order valence-corrected chi connectivity index (χ4v) is 3.24. The highest BCUT2D eigenvalue weighted by molar-refractivity contribution is 9.10. The molecular formula is C16H14BrClFNO. The van der Waals surface area contributed by atoms with Crippen LogP contribution in [0.4, 0.5) is 4.39 Å². The maximum atomic E-state index is 14.4. The molecule has 0 saturated carbocycles. The Kier molecular flexibility index (Phi) is 4.20. The Morgan fingerprint density at radius 2 is 2.05 bits per heavy atom. The van der Waals surface area contributed by atoms with Crippen molar-refractivity contribution in [2.75, 3.05) is 6.61 Å². The van der Waals surface area contributed by atoms with E-state index in [0.29, 0.717) is 16.6 Å². The molecule has 5 heteroatoms. The second-order valence-corrected chi connectivity index (χ2v) is 6.30. The van der Waals surface area contributed by atoms with E-state index in [2.05, 4.69) is 15.9 Å². The minimum absolute atomic E-state index is 0.0155. The van der Waals surface area contributed by atoms with Gasteiger partial charge in [0.1, 0.15) is 11.6 Å². The van der Waals surface area contributed by atoms with Crippen LogP contribution in [-0.4, -0.2) is 6.61 Å². The van der Waals surface area contributed by atoms with Gasteiger partial charge < -0.3 is 10.5 Å². The molecule has 0 radical (unpaired) electrons. The van der Waals surface area contributed by atoms with Crippen molar-refractivity contribution in [3.63, 3.8) is 0 Å². The molecule has 3 rings (SSSR count). The molecule has 2 atom stereocenters. The third kappa shape index (κ3) is 2.68. The summed E-state index contributed by atoms with van der Waals surface area (Å²) in [6.07, 6.45) is 0.755. The predicted octanol–water partition coefficient (Wildman–Crippen LogP) is 4.81. The number of benzene rings is 2. The minimum atomic E-state index is -0.458. The largest absolute Gasteiger partial charge is 0.493 e. The zero-order valence-corrected chi connectivity index (χ0v) is 13.5. The summed E-state index contributed by atoms with van der Waals surface area (Å²) in [5, 5.41) is 0.0725. The van der Waals surface area contributed by atoms with E-state index in [1.807, 2.05) is 24.3 Å². The van der Waals surface area contributed by atoms with Gasteiger partial charge in [0.15, 0.2) is 0 Å². The first-order valence-corrected chi connectivity index (χ1v) is 7.87. The lowest BCUT2D eigenvalue weighted by Gasteiger charge is -2.30. The highest BCUT2D eigenvalue weighted by Gasteiger charge is 2.29. The van der Waals surface area contributed by atoms with E-state index in [1.54, 1.807) is 12.1 Å². The normalized spacial score (nSPS) is 18.8. The van der Waals surface area contributed by atoms with Crippen LogP contribution in [0.2, 0.25) is 5.02 Å². The third-order valence-electron chi connectivity index (χ3n) is 3.86. The highest BCUT2D eigenvalue weighted by Crippen LogP contribution is 2.42. The summed E-state index contributed by atoms with van der Waals surface area (Å²) in [7, 11) is 0. The van der Waals surface area contributed by atoms with Gasteiger partial charge in [0, 0.05) is 22.0 Å². The molecule has 1 aliphatic rings. The van der Waals surface area contributed by atoms with Crippen LogP contribution in [-0.2, 0) is 0 Å². The van der Waals surface area contributed by atoms with Gasteiger partial charge in [-0.15, -0.1) is 0 Å². The van der Waals surface area contributed by atoms with Gasteiger partial charge in [0.05, 0.1) is 11.6 Å². The number of nitrogens with two attached hydrogens (primary N) is 1. The Labute approximate surface area is 136 Å². The number of ether oxygens (including phenoxy) is 1. The first-order valence-electron chi connectivity index (χ1n) is 6.70. The zero-order valence-electron chi connectivity index (χ0n) is 11.2. The fourth-order valence-electron chi connectivity index (χ4n) is 2.76. The molecule has 0 aliphatic carbocycles. The molecule has 0 aromatic heterocycles. The van der Waals surface area contributed by atoms with Crippen molar-refractivity contribution >= 4 is 27.5 Å². The topological polar surface area (TPSA) is 35.2 Å². The van der Waals surface area contributed by atoms with Crippen LogP contribution in [0.3, 0.4) is 0 Å². The molecule has 2 unspecified atom stereocenters. The van der Waals surface area contributed by atoms with E-state index in [9.17, 15) is 4.39 Å². The summed E-state index contributed by atoms with van der Waals surface area (Å²) in [4.78, 5) is 0. The van der Waals surface area contributed by atoms with Gasteiger partial charge in [-0.2, -0.15) is 0 Å². The second kappa shape index (κ2) is 5.95. The molecule has 0 amide bonds. The van der Waals surface area contributed by atoms with Gasteiger partial charge in [0.25, 0.3) is 0 Å². The second-order valence-electron chi connectivity index (χ2n) is 5.07. The number of hydrogen-bond acceptors (Lipinski definition) is 2. The SMILES string of the molecule is NC(c1ccc(Br)c(Cl)c1F)C1CCOc2ccccc21. The van der Waals surface area contributed by atoms with Crippen molar-refractivity contribution in [1.82, 2.24) is 0 Å². The molecule has 0 saturated heterocycles. The van der Waals surface area contributed by atoms with Crippen LogP contribution in [0.15, 0.2) is 40.9 Å². The first kappa shape index (κ1) is 14.8. The maximum Gasteiger partial charge on any atom is 0.147 e. The molecule has 2 aromatic carbocycles. The monoisotopic (exact) mass is 369 g/mol. The number of fused-ring (bicyclic) bond motifs is 1. The van der Waals surface area contributed by atoms with Crippen molar-refractivity contribution in [3.8, 4) is 5.75 Å². The molecule has 2 N–H and O–H groups in total. The van der Waals surface area contributed by atoms with E-state index < -0.39 is 11.9 Å². The molecule has 0 fully saturated rings. The molecule has 2 nitrogen and oxygen atoms in total. The Balaban J connectivity index is 2.01. The predicted molar refractivity (Wildman–Crippen MR) is 85.3 cm³/mol. The van der Waals surface area contributed by atoms with Gasteiger partial charge in [-0.1, -0.05) is 35.9 Å². The minimum Gasteiger partial charge on any atom is -0.493 e. The number of halogens is 3. The summed E-state index contributed by atoms with van der Waals surface area (Å²) in [6.45, 7) is 0.585. The number of rotatable bonds is 2. The summed E-state index contributed by atoms with van der Waals surface area (Å²) in [5.74, 6) is 0.386. The maximum absolute atomic E-state index is 14.4. The smallest absolute Gasteiger partial charge is 0.147 e. The van der Waals surface area contributed by atoms with Gasteiger partial charge in [0.2, 0.25) is 0 Å². The van der Waals surface area contributed by atoms with Crippen molar-refractivity contribution in [2.24, 2.45) is 5.73 Å². The lowest BCUT2D eigenvalue weighted by atomic mass is 9.83. The highest BCUT2D eigenvalue weighted by atomic mass is 79.9. The molecule has 2 aromatic rings. The van der Waals surface area contributed by atoms with Crippen LogP contribution in [0, 0.1) is 5.82 Å². The summed E-state index contributed by atoms with van der Waals surface area (Å²) < 4.78 is 20.5. The molecular weight excluding hydrogens is 357 g/mol. The van der Waals surface area contributed by atoms with Crippen LogP contribution in [0.25, 0.3) is 0 Å². The van der Waals surface area contributed by atoms with E-state index in [-0.39, 0.29) is 10.9 Å². The molecule has 1 heterocycles. The standard InChI is InChI=1S/C16H14BrClFNO/c17-12-6-5-11(15(19)14(12)18)16(20)10-7-8-21-13-4-2-1-3-9(10)13/h1-6,10,16H,7-8,20H2. The molecule has 1 aliphatic heterocycles. The average molecular weight is 371 g/mol. The number of hydrogen-bond donors (Lipinski definition) is 1. The van der Waals surface area contributed by atoms with Gasteiger partial charge in [-0.25, -0.2) is 4.39 Å². The first-order chi connectivity index (χ1) is 10.1. The van der Waals surface area contributed by atoms with Crippen molar-refractivity contribution in [1.29, 1.82) is 0 Å². The number of para-hydroxylation sites is 1. The van der Waals surface area contributed by atoms with Gasteiger partial charge in [-0.05, 0) is 40.0 Å². The molecule has 0 bridgehead atoms. The van der Waals surface area contributed by atoms with E-state index in [4.69, 9.17) is 22.1 Å². The van der Waals surface area contributed by atoms with Gasteiger partial charge >= 0.3 is 0 Å². The van der Waals surface area contributed by atoms with Gasteiger partial charge in [-0.3, -0.25) is 0 Å². The third-order valence-corrected chi connectivity index (χ3v) is 5.12. The van der Waals surface area contributed by atoms with Crippen LogP contribution in [0.5, 0.6) is 5.75 Å². The summed E-state index contributed by atoms with van der Waals surface area (Å²) in [6, 6.07) is 10.7. The Morgan fingerprint density at radius 1 is 1.29 bits per heavy atom. The summed E-state index contributed by atoms with van der Waals surface area (Å²) >= 11 is 9.18.